The molecule has 4 atom stereocenters. The van der Waals surface area contributed by atoms with Gasteiger partial charge in [-0.15, -0.1) is 0 Å². The van der Waals surface area contributed by atoms with E-state index in [2.05, 4.69) is 31.5 Å². The third-order valence-corrected chi connectivity index (χ3v) is 8.36. The first-order chi connectivity index (χ1) is 15.4. The zero-order valence-corrected chi connectivity index (χ0v) is 19.5. The van der Waals surface area contributed by atoms with Crippen LogP contribution in [0, 0.1) is 17.7 Å². The van der Waals surface area contributed by atoms with Gasteiger partial charge in [0.2, 0.25) is 11.8 Å². The second-order valence-corrected chi connectivity index (χ2v) is 10.6. The van der Waals surface area contributed by atoms with E-state index in [0.717, 1.165) is 35.8 Å². The summed E-state index contributed by atoms with van der Waals surface area (Å²) in [6, 6.07) is 10.5. The number of hydrogen-bond donors (Lipinski definition) is 2. The second-order valence-electron chi connectivity index (χ2n) is 9.30. The van der Waals surface area contributed by atoms with Crippen LogP contribution in [0.25, 0.3) is 0 Å². The number of rotatable bonds is 3. The van der Waals surface area contributed by atoms with Gasteiger partial charge in [0.25, 0.3) is 0 Å². The molecule has 1 spiro atoms. The van der Waals surface area contributed by atoms with E-state index in [0.29, 0.717) is 23.7 Å². The normalized spacial score (nSPS) is 31.4. The lowest BCUT2D eigenvalue weighted by atomic mass is 9.70. The molecule has 4 aliphatic rings. The van der Waals surface area contributed by atoms with Crippen LogP contribution in [0.15, 0.2) is 40.9 Å². The van der Waals surface area contributed by atoms with E-state index in [-0.39, 0.29) is 22.9 Å². The van der Waals surface area contributed by atoms with E-state index < -0.39 is 23.2 Å². The highest BCUT2D eigenvalue weighted by Gasteiger charge is 2.69. The average molecular weight is 519 g/mol. The molecule has 2 aromatic rings. The number of halogens is 3. The minimum absolute atomic E-state index is 0.000459. The lowest BCUT2D eigenvalue weighted by Gasteiger charge is -2.40. The van der Waals surface area contributed by atoms with Crippen molar-refractivity contribution in [3.63, 3.8) is 0 Å². The van der Waals surface area contributed by atoms with Crippen LogP contribution in [0.5, 0.6) is 0 Å². The Kier molecular flexibility index (Phi) is 4.69. The Morgan fingerprint density at radius 1 is 1.19 bits per heavy atom. The summed E-state index contributed by atoms with van der Waals surface area (Å²) in [4.78, 5) is 29.5. The van der Waals surface area contributed by atoms with E-state index in [1.54, 1.807) is 12.1 Å². The minimum atomic E-state index is -1.17. The number of benzene rings is 2. The monoisotopic (exact) mass is 517 g/mol. The Balaban J connectivity index is 1.65. The summed E-state index contributed by atoms with van der Waals surface area (Å²) in [6.07, 6.45) is 2.95. The fourth-order valence-corrected chi connectivity index (χ4v) is 6.70. The fraction of sp³-hybridized carbons (Fsp3) is 0.417. The number of fused-ring (bicyclic) bond motifs is 3. The molecule has 3 aliphatic heterocycles. The minimum Gasteiger partial charge on any atom is -0.356 e. The molecule has 2 amide bonds. The number of piperidine rings is 1. The fourth-order valence-electron chi connectivity index (χ4n) is 6.16. The van der Waals surface area contributed by atoms with Gasteiger partial charge in [0.15, 0.2) is 0 Å². The number of carbonyl (C=O) groups excluding carboxylic acids is 2. The molecule has 8 heteroatoms. The molecule has 2 saturated heterocycles. The molecule has 1 aliphatic carbocycles. The quantitative estimate of drug-likeness (QED) is 0.633. The van der Waals surface area contributed by atoms with Crippen molar-refractivity contribution in [2.45, 2.75) is 36.8 Å². The van der Waals surface area contributed by atoms with Crippen LogP contribution in [0.3, 0.4) is 0 Å². The zero-order chi connectivity index (χ0) is 22.2. The molecular weight excluding hydrogens is 497 g/mol. The van der Waals surface area contributed by atoms with Crippen molar-refractivity contribution < 1.29 is 14.0 Å². The van der Waals surface area contributed by atoms with E-state index in [9.17, 15) is 9.59 Å². The SMILES string of the molecule is O=C1NCC[C@H]2[C@@H]1[C@H](c1cccc(Cl)c1F)[C@]1(C(=O)Nc3cc(Br)ccc31)N2CC1CC1. The summed E-state index contributed by atoms with van der Waals surface area (Å²) in [5.74, 6) is -1.61. The van der Waals surface area contributed by atoms with Crippen LogP contribution in [-0.2, 0) is 15.1 Å². The number of anilines is 1. The maximum atomic E-state index is 15.5. The summed E-state index contributed by atoms with van der Waals surface area (Å²) in [5.41, 5.74) is 0.671. The molecule has 2 aromatic carbocycles. The Morgan fingerprint density at radius 3 is 2.78 bits per heavy atom. The Hall–Kier alpha value is -1.96. The van der Waals surface area contributed by atoms with Crippen LogP contribution in [0.4, 0.5) is 10.1 Å². The number of likely N-dealkylation sites (tertiary alicyclic amines) is 1. The third-order valence-electron chi connectivity index (χ3n) is 7.57. The summed E-state index contributed by atoms with van der Waals surface area (Å²) >= 11 is 9.68. The number of hydrogen-bond acceptors (Lipinski definition) is 3. The molecule has 32 heavy (non-hydrogen) atoms. The van der Waals surface area contributed by atoms with Gasteiger partial charge in [0, 0.05) is 40.8 Å². The Bertz CT molecular complexity index is 1160. The molecule has 3 fully saturated rings. The highest BCUT2D eigenvalue weighted by atomic mass is 79.9. The number of nitrogens with zero attached hydrogens (tertiary/aromatic N) is 1. The number of amides is 2. The number of carbonyl (C=O) groups is 2. The van der Waals surface area contributed by atoms with E-state index in [4.69, 9.17) is 11.6 Å². The summed E-state index contributed by atoms with van der Waals surface area (Å²) in [6.45, 7) is 1.27. The summed E-state index contributed by atoms with van der Waals surface area (Å²) in [7, 11) is 0. The molecule has 2 N–H and O–H groups in total. The van der Waals surface area contributed by atoms with Crippen LogP contribution in [-0.4, -0.2) is 35.8 Å². The first kappa shape index (κ1) is 20.6. The van der Waals surface area contributed by atoms with Crippen molar-refractivity contribution in [3.05, 3.63) is 62.8 Å². The first-order valence-electron chi connectivity index (χ1n) is 11.0. The summed E-state index contributed by atoms with van der Waals surface area (Å²) in [5, 5.41) is 6.03. The molecule has 0 aromatic heterocycles. The molecule has 1 saturated carbocycles. The highest BCUT2D eigenvalue weighted by Crippen LogP contribution is 2.61. The molecule has 0 bridgehead atoms. The standard InChI is InChI=1S/C24H22BrClFN3O2/c25-13-6-7-15-17(10-13)29-23(32)24(15)20(14-2-1-3-16(26)21(14)27)19-18(8-9-28-22(19)31)30(24)11-12-4-5-12/h1-3,6-7,10,12,18-20H,4-5,8-9,11H2,(H,28,31)(H,29,32)/t18-,19+,20-,24+/m0/s1. The highest BCUT2D eigenvalue weighted by molar-refractivity contribution is 9.10. The molecular formula is C24H22BrClFN3O2. The van der Waals surface area contributed by atoms with Gasteiger partial charge in [0.05, 0.1) is 10.9 Å². The molecule has 0 unspecified atom stereocenters. The van der Waals surface area contributed by atoms with Gasteiger partial charge in [-0.1, -0.05) is 45.7 Å². The van der Waals surface area contributed by atoms with Crippen LogP contribution in [0.1, 0.15) is 36.3 Å². The third kappa shape index (κ3) is 2.77. The first-order valence-corrected chi connectivity index (χ1v) is 12.2. The lowest BCUT2D eigenvalue weighted by Crippen LogP contribution is -2.53. The van der Waals surface area contributed by atoms with E-state index in [1.807, 2.05) is 18.2 Å². The average Bonchev–Trinajstić information content (AvgIpc) is 3.47. The van der Waals surface area contributed by atoms with Crippen molar-refractivity contribution in [2.24, 2.45) is 11.8 Å². The topological polar surface area (TPSA) is 61.4 Å². The van der Waals surface area contributed by atoms with Crippen molar-refractivity contribution in [1.29, 1.82) is 0 Å². The molecule has 6 rings (SSSR count). The van der Waals surface area contributed by atoms with Crippen molar-refractivity contribution in [1.82, 2.24) is 10.2 Å². The van der Waals surface area contributed by atoms with Gasteiger partial charge in [-0.3, -0.25) is 14.5 Å². The largest absolute Gasteiger partial charge is 0.356 e. The van der Waals surface area contributed by atoms with Crippen molar-refractivity contribution in [3.8, 4) is 0 Å². The van der Waals surface area contributed by atoms with Crippen molar-refractivity contribution >= 4 is 45.0 Å². The van der Waals surface area contributed by atoms with Crippen LogP contribution < -0.4 is 10.6 Å². The van der Waals surface area contributed by atoms with Gasteiger partial charge < -0.3 is 10.6 Å². The van der Waals surface area contributed by atoms with E-state index in [1.165, 1.54) is 6.07 Å². The summed E-state index contributed by atoms with van der Waals surface area (Å²) < 4.78 is 16.4. The smallest absolute Gasteiger partial charge is 0.250 e. The molecule has 166 valence electrons. The molecule has 5 nitrogen and oxygen atoms in total. The lowest BCUT2D eigenvalue weighted by molar-refractivity contribution is -0.128. The van der Waals surface area contributed by atoms with Gasteiger partial charge in [-0.05, 0) is 48.9 Å². The van der Waals surface area contributed by atoms with Gasteiger partial charge in [-0.25, -0.2) is 4.39 Å². The maximum Gasteiger partial charge on any atom is 0.250 e. The van der Waals surface area contributed by atoms with Crippen LogP contribution >= 0.6 is 27.5 Å². The molecule has 0 radical (unpaired) electrons. The van der Waals surface area contributed by atoms with Crippen molar-refractivity contribution in [2.75, 3.05) is 18.4 Å². The molecule has 3 heterocycles. The predicted octanol–water partition coefficient (Wildman–Crippen LogP) is 4.40. The van der Waals surface area contributed by atoms with Gasteiger partial charge in [-0.2, -0.15) is 0 Å². The second kappa shape index (κ2) is 7.27. The van der Waals surface area contributed by atoms with Gasteiger partial charge in [0.1, 0.15) is 11.4 Å². The predicted molar refractivity (Wildman–Crippen MR) is 123 cm³/mol. The maximum absolute atomic E-state index is 15.5. The zero-order valence-electron chi connectivity index (χ0n) is 17.2. The Labute approximate surface area is 198 Å². The number of nitrogens with one attached hydrogen (secondary N) is 2. The van der Waals surface area contributed by atoms with Crippen LogP contribution in [0.2, 0.25) is 5.02 Å². The van der Waals surface area contributed by atoms with E-state index >= 15 is 4.39 Å². The Morgan fingerprint density at radius 2 is 2.00 bits per heavy atom. The van der Waals surface area contributed by atoms with Gasteiger partial charge >= 0.3 is 0 Å².